The number of ether oxygens (including phenoxy) is 1. The number of thioether (sulfide) groups is 1. The van der Waals surface area contributed by atoms with Crippen LogP contribution in [0.1, 0.15) is 40.3 Å². The Bertz CT molecular complexity index is 814. The van der Waals surface area contributed by atoms with Gasteiger partial charge in [0.2, 0.25) is 0 Å². The number of likely N-dealkylation sites (tertiary alicyclic amines) is 1. The first kappa shape index (κ1) is 17.5. The summed E-state index contributed by atoms with van der Waals surface area (Å²) in [5, 5.41) is 0. The fourth-order valence-corrected chi connectivity index (χ4v) is 4.27. The van der Waals surface area contributed by atoms with E-state index in [1.54, 1.807) is 11.8 Å². The Morgan fingerprint density at radius 1 is 1.23 bits per heavy atom. The molecule has 0 aliphatic carbocycles. The van der Waals surface area contributed by atoms with Crippen molar-refractivity contribution in [3.05, 3.63) is 53.1 Å². The van der Waals surface area contributed by atoms with Crippen LogP contribution in [0.5, 0.6) is 0 Å². The lowest BCUT2D eigenvalue weighted by atomic mass is 9.83. The number of fused-ring (bicyclic) bond motifs is 2. The summed E-state index contributed by atoms with van der Waals surface area (Å²) in [6.45, 7) is 3.99. The van der Waals surface area contributed by atoms with E-state index in [9.17, 15) is 4.79 Å². The van der Waals surface area contributed by atoms with Gasteiger partial charge in [-0.05, 0) is 62.3 Å². The number of nitrogens with zero attached hydrogens (tertiary/aromatic N) is 3. The number of rotatable bonds is 2. The van der Waals surface area contributed by atoms with Gasteiger partial charge in [0.25, 0.3) is 5.91 Å². The van der Waals surface area contributed by atoms with Gasteiger partial charge in [-0.1, -0.05) is 0 Å². The van der Waals surface area contributed by atoms with E-state index in [1.807, 2.05) is 48.5 Å². The average molecular weight is 369 g/mol. The highest BCUT2D eigenvalue weighted by molar-refractivity contribution is 7.98. The van der Waals surface area contributed by atoms with Crippen molar-refractivity contribution in [1.82, 2.24) is 14.9 Å². The molecule has 0 atom stereocenters. The van der Waals surface area contributed by atoms with Gasteiger partial charge < -0.3 is 9.64 Å². The quantitative estimate of drug-likeness (QED) is 0.761. The molecule has 1 aromatic heterocycles. The van der Waals surface area contributed by atoms with Crippen molar-refractivity contribution in [3.63, 3.8) is 0 Å². The van der Waals surface area contributed by atoms with Crippen LogP contribution in [0.4, 0.5) is 0 Å². The molecule has 4 rings (SSSR count). The third kappa shape index (κ3) is 3.12. The van der Waals surface area contributed by atoms with Crippen LogP contribution in [0.2, 0.25) is 0 Å². The molecule has 5 nitrogen and oxygen atoms in total. The molecular formula is C20H23N3O2S. The Hall–Kier alpha value is -1.92. The van der Waals surface area contributed by atoms with Crippen molar-refractivity contribution in [1.29, 1.82) is 0 Å². The highest BCUT2D eigenvalue weighted by Crippen LogP contribution is 2.40. The largest absolute Gasteiger partial charge is 0.368 e. The molecule has 1 amide bonds. The highest BCUT2D eigenvalue weighted by Gasteiger charge is 2.43. The Balaban J connectivity index is 1.51. The third-order valence-corrected chi connectivity index (χ3v) is 6.11. The molecule has 1 spiro atoms. The van der Waals surface area contributed by atoms with Crippen LogP contribution < -0.4 is 0 Å². The van der Waals surface area contributed by atoms with Crippen molar-refractivity contribution in [2.45, 2.75) is 36.7 Å². The predicted molar refractivity (Wildman–Crippen MR) is 101 cm³/mol. The van der Waals surface area contributed by atoms with Gasteiger partial charge >= 0.3 is 0 Å². The number of aryl methyl sites for hydroxylation is 1. The van der Waals surface area contributed by atoms with E-state index in [-0.39, 0.29) is 11.5 Å². The van der Waals surface area contributed by atoms with Gasteiger partial charge in [-0.25, -0.2) is 9.97 Å². The first-order valence-corrected chi connectivity index (χ1v) is 10.2. The monoisotopic (exact) mass is 369 g/mol. The standard InChI is InChI=1S/C20H23N3O2S/c1-14-21-13-16-7-12-25-20(18(16)22-14)8-10-23(11-9-20)19(24)15-3-5-17(26-2)6-4-15/h3-6,13H,7-12H2,1-2H3. The van der Waals surface area contributed by atoms with Crippen molar-refractivity contribution in [3.8, 4) is 0 Å². The number of carbonyl (C=O) groups is 1. The van der Waals surface area contributed by atoms with Crippen molar-refractivity contribution >= 4 is 17.7 Å². The normalized spacial score (nSPS) is 18.6. The zero-order valence-electron chi connectivity index (χ0n) is 15.2. The zero-order chi connectivity index (χ0) is 18.1. The molecule has 0 unspecified atom stereocenters. The van der Waals surface area contributed by atoms with Gasteiger partial charge in [-0.2, -0.15) is 0 Å². The molecule has 1 fully saturated rings. The summed E-state index contributed by atoms with van der Waals surface area (Å²) in [6.07, 6.45) is 6.40. The maximum Gasteiger partial charge on any atom is 0.253 e. The molecule has 136 valence electrons. The van der Waals surface area contributed by atoms with Crippen LogP contribution in [-0.4, -0.2) is 46.7 Å². The summed E-state index contributed by atoms with van der Waals surface area (Å²) in [4.78, 5) is 25.0. The topological polar surface area (TPSA) is 55.3 Å². The minimum Gasteiger partial charge on any atom is -0.368 e. The fraction of sp³-hybridized carbons (Fsp3) is 0.450. The molecule has 1 aromatic carbocycles. The number of amides is 1. The van der Waals surface area contributed by atoms with E-state index in [0.29, 0.717) is 19.7 Å². The first-order valence-electron chi connectivity index (χ1n) is 9.02. The molecule has 2 aliphatic rings. The Morgan fingerprint density at radius 2 is 1.96 bits per heavy atom. The van der Waals surface area contributed by atoms with Gasteiger partial charge in [-0.15, -0.1) is 11.8 Å². The van der Waals surface area contributed by atoms with Crippen LogP contribution >= 0.6 is 11.8 Å². The van der Waals surface area contributed by atoms with Gasteiger partial charge in [0.1, 0.15) is 11.4 Å². The number of carbonyl (C=O) groups excluding carboxylic acids is 1. The second-order valence-electron chi connectivity index (χ2n) is 6.90. The number of piperidine rings is 1. The maximum atomic E-state index is 12.8. The van der Waals surface area contributed by atoms with Crippen LogP contribution in [0.15, 0.2) is 35.4 Å². The Kier molecular flexibility index (Phi) is 4.71. The molecule has 6 heteroatoms. The van der Waals surface area contributed by atoms with E-state index in [1.165, 1.54) is 10.5 Å². The second-order valence-corrected chi connectivity index (χ2v) is 7.78. The lowest BCUT2D eigenvalue weighted by Crippen LogP contribution is -2.49. The molecule has 2 aliphatic heterocycles. The number of benzene rings is 1. The summed E-state index contributed by atoms with van der Waals surface area (Å²) in [6, 6.07) is 7.84. The van der Waals surface area contributed by atoms with Crippen molar-refractivity contribution in [2.75, 3.05) is 26.0 Å². The average Bonchev–Trinajstić information content (AvgIpc) is 2.69. The van der Waals surface area contributed by atoms with Crippen LogP contribution in [0, 0.1) is 6.92 Å². The Morgan fingerprint density at radius 3 is 2.65 bits per heavy atom. The highest BCUT2D eigenvalue weighted by atomic mass is 32.2. The number of hydrogen-bond acceptors (Lipinski definition) is 5. The van der Waals surface area contributed by atoms with Gasteiger partial charge in [0, 0.05) is 29.7 Å². The summed E-state index contributed by atoms with van der Waals surface area (Å²) in [5.74, 6) is 0.878. The lowest BCUT2D eigenvalue weighted by Gasteiger charge is -2.44. The molecule has 0 saturated carbocycles. The Labute approximate surface area is 158 Å². The minimum atomic E-state index is -0.360. The first-order chi connectivity index (χ1) is 12.6. The summed E-state index contributed by atoms with van der Waals surface area (Å²) in [7, 11) is 0. The number of aromatic nitrogens is 2. The summed E-state index contributed by atoms with van der Waals surface area (Å²) < 4.78 is 6.22. The summed E-state index contributed by atoms with van der Waals surface area (Å²) >= 11 is 1.68. The van der Waals surface area contributed by atoms with Crippen LogP contribution in [-0.2, 0) is 16.8 Å². The fourth-order valence-electron chi connectivity index (χ4n) is 3.87. The van der Waals surface area contributed by atoms with E-state index < -0.39 is 0 Å². The molecule has 0 N–H and O–H groups in total. The van der Waals surface area contributed by atoms with Crippen molar-refractivity contribution < 1.29 is 9.53 Å². The van der Waals surface area contributed by atoms with Gasteiger partial charge in [0.05, 0.1) is 12.3 Å². The molecule has 26 heavy (non-hydrogen) atoms. The van der Waals surface area contributed by atoms with Crippen molar-refractivity contribution in [2.24, 2.45) is 0 Å². The predicted octanol–water partition coefficient (Wildman–Crippen LogP) is 3.21. The maximum absolute atomic E-state index is 12.8. The molecule has 1 saturated heterocycles. The molecule has 2 aromatic rings. The molecular weight excluding hydrogens is 346 g/mol. The SMILES string of the molecule is CSc1ccc(C(=O)N2CCC3(CC2)OCCc2cnc(C)nc23)cc1. The molecule has 0 bridgehead atoms. The number of hydrogen-bond donors (Lipinski definition) is 0. The van der Waals surface area contributed by atoms with Crippen LogP contribution in [0.25, 0.3) is 0 Å². The van der Waals surface area contributed by atoms with E-state index in [0.717, 1.165) is 36.3 Å². The van der Waals surface area contributed by atoms with E-state index >= 15 is 0 Å². The van der Waals surface area contributed by atoms with Gasteiger partial charge in [0.15, 0.2) is 0 Å². The van der Waals surface area contributed by atoms with E-state index in [2.05, 4.69) is 4.98 Å². The van der Waals surface area contributed by atoms with Gasteiger partial charge in [-0.3, -0.25) is 4.79 Å². The second kappa shape index (κ2) is 7.00. The third-order valence-electron chi connectivity index (χ3n) is 5.36. The minimum absolute atomic E-state index is 0.0994. The summed E-state index contributed by atoms with van der Waals surface area (Å²) in [5.41, 5.74) is 2.62. The lowest BCUT2D eigenvalue weighted by molar-refractivity contribution is -0.0968. The molecule has 0 radical (unpaired) electrons. The smallest absolute Gasteiger partial charge is 0.253 e. The van der Waals surface area contributed by atoms with Crippen LogP contribution in [0.3, 0.4) is 0 Å². The molecule has 3 heterocycles. The van der Waals surface area contributed by atoms with E-state index in [4.69, 9.17) is 9.72 Å². The zero-order valence-corrected chi connectivity index (χ0v) is 16.0.